The fraction of sp³-hybridized carbons (Fsp3) is 0.267. The first-order valence-electron chi connectivity index (χ1n) is 6.00. The van der Waals surface area contributed by atoms with Crippen molar-refractivity contribution in [2.24, 2.45) is 5.73 Å². The Balaban J connectivity index is 2.36. The zero-order valence-electron chi connectivity index (χ0n) is 10.4. The highest BCUT2D eigenvalue weighted by Gasteiger charge is 2.06. The molecule has 0 aliphatic carbocycles. The van der Waals surface area contributed by atoms with Crippen LogP contribution in [0.1, 0.15) is 30.6 Å². The monoisotopic (exact) mass is 226 g/mol. The van der Waals surface area contributed by atoms with Crippen molar-refractivity contribution in [3.05, 3.63) is 53.7 Å². The van der Waals surface area contributed by atoms with Gasteiger partial charge in [0.25, 0.3) is 0 Å². The number of hydrogen-bond acceptors (Lipinski definition) is 2. The first kappa shape index (κ1) is 11.8. The Bertz CT molecular complexity index is 489. The molecule has 0 bridgehead atoms. The Labute approximate surface area is 103 Å². The lowest BCUT2D eigenvalue weighted by atomic mass is 10.1. The van der Waals surface area contributed by atoms with E-state index in [0.29, 0.717) is 0 Å². The van der Waals surface area contributed by atoms with Gasteiger partial charge in [0, 0.05) is 11.6 Å². The van der Waals surface area contributed by atoms with Crippen LogP contribution in [0.4, 0.5) is 0 Å². The van der Waals surface area contributed by atoms with Gasteiger partial charge in [-0.15, -0.1) is 0 Å². The minimum absolute atomic E-state index is 0.0281. The summed E-state index contributed by atoms with van der Waals surface area (Å²) in [7, 11) is 0. The lowest BCUT2D eigenvalue weighted by Crippen LogP contribution is -2.10. The second-order valence-electron chi connectivity index (χ2n) is 4.33. The van der Waals surface area contributed by atoms with E-state index in [2.05, 4.69) is 43.1 Å². The number of rotatable bonds is 3. The summed E-state index contributed by atoms with van der Waals surface area (Å²) in [6.45, 7) is 4.16. The predicted molar refractivity (Wildman–Crippen MR) is 71.6 cm³/mol. The molecule has 1 heterocycles. The number of aromatic nitrogens is 1. The summed E-state index contributed by atoms with van der Waals surface area (Å²) >= 11 is 0. The molecule has 0 saturated carbocycles. The fourth-order valence-corrected chi connectivity index (χ4v) is 1.75. The normalized spacial score (nSPS) is 12.4. The zero-order chi connectivity index (χ0) is 12.3. The molecular formula is C15H18N2. The molecule has 2 heteroatoms. The topological polar surface area (TPSA) is 38.9 Å². The third kappa shape index (κ3) is 2.71. The van der Waals surface area contributed by atoms with E-state index in [0.717, 1.165) is 23.4 Å². The average Bonchev–Trinajstić information content (AvgIpc) is 2.39. The van der Waals surface area contributed by atoms with E-state index in [4.69, 9.17) is 5.73 Å². The van der Waals surface area contributed by atoms with Gasteiger partial charge in [-0.2, -0.15) is 0 Å². The second-order valence-corrected chi connectivity index (χ2v) is 4.33. The summed E-state index contributed by atoms with van der Waals surface area (Å²) in [5, 5.41) is 0. The summed E-state index contributed by atoms with van der Waals surface area (Å²) in [5.41, 5.74) is 10.4. The molecule has 2 rings (SSSR count). The number of aryl methyl sites for hydroxylation is 1. The standard InChI is InChI=1S/C15H18N2/c1-3-13(16)15-6-4-5-14(17-15)12-9-7-11(2)8-10-12/h4-10,13H,3,16H2,1-2H3. The van der Waals surface area contributed by atoms with Crippen LogP contribution >= 0.6 is 0 Å². The van der Waals surface area contributed by atoms with Crippen LogP contribution < -0.4 is 5.73 Å². The van der Waals surface area contributed by atoms with E-state index in [1.807, 2.05) is 18.2 Å². The van der Waals surface area contributed by atoms with Crippen LogP contribution in [0.3, 0.4) is 0 Å². The van der Waals surface area contributed by atoms with Crippen LogP contribution in [0.2, 0.25) is 0 Å². The molecule has 17 heavy (non-hydrogen) atoms. The first-order chi connectivity index (χ1) is 8.20. The Morgan fingerprint density at radius 1 is 1.12 bits per heavy atom. The summed E-state index contributed by atoms with van der Waals surface area (Å²) < 4.78 is 0. The largest absolute Gasteiger partial charge is 0.323 e. The molecule has 2 nitrogen and oxygen atoms in total. The highest BCUT2D eigenvalue weighted by atomic mass is 14.8. The van der Waals surface area contributed by atoms with Crippen LogP contribution in [-0.4, -0.2) is 4.98 Å². The molecule has 0 fully saturated rings. The van der Waals surface area contributed by atoms with Gasteiger partial charge in [0.1, 0.15) is 0 Å². The number of nitrogens with two attached hydrogens (primary N) is 1. The zero-order valence-corrected chi connectivity index (χ0v) is 10.4. The van der Waals surface area contributed by atoms with Gasteiger partial charge in [-0.1, -0.05) is 42.8 Å². The van der Waals surface area contributed by atoms with Crippen molar-refractivity contribution in [1.29, 1.82) is 0 Å². The molecule has 1 aromatic carbocycles. The van der Waals surface area contributed by atoms with Gasteiger partial charge in [0.15, 0.2) is 0 Å². The minimum Gasteiger partial charge on any atom is -0.323 e. The maximum atomic E-state index is 6.00. The van der Waals surface area contributed by atoms with Crippen LogP contribution in [0.15, 0.2) is 42.5 Å². The molecule has 0 saturated heterocycles. The average molecular weight is 226 g/mol. The van der Waals surface area contributed by atoms with Crippen LogP contribution in [0.5, 0.6) is 0 Å². The molecule has 1 aromatic heterocycles. The first-order valence-corrected chi connectivity index (χ1v) is 6.00. The third-order valence-corrected chi connectivity index (χ3v) is 2.94. The SMILES string of the molecule is CCC(N)c1cccc(-c2ccc(C)cc2)n1. The maximum Gasteiger partial charge on any atom is 0.0706 e. The van der Waals surface area contributed by atoms with Gasteiger partial charge in [-0.05, 0) is 25.5 Å². The van der Waals surface area contributed by atoms with E-state index >= 15 is 0 Å². The molecule has 0 amide bonds. The van der Waals surface area contributed by atoms with Crippen molar-refractivity contribution in [3.63, 3.8) is 0 Å². The highest BCUT2D eigenvalue weighted by molar-refractivity contribution is 5.59. The molecule has 0 aliphatic heterocycles. The molecular weight excluding hydrogens is 208 g/mol. The summed E-state index contributed by atoms with van der Waals surface area (Å²) in [4.78, 5) is 4.62. The van der Waals surface area contributed by atoms with Gasteiger partial charge < -0.3 is 5.73 Å². The van der Waals surface area contributed by atoms with Gasteiger partial charge in [0.05, 0.1) is 11.4 Å². The van der Waals surface area contributed by atoms with Crippen LogP contribution in [0, 0.1) is 6.92 Å². The Kier molecular flexibility index (Phi) is 3.55. The molecule has 0 spiro atoms. The smallest absolute Gasteiger partial charge is 0.0706 e. The summed E-state index contributed by atoms with van der Waals surface area (Å²) in [6.07, 6.45) is 0.907. The number of nitrogens with zero attached hydrogens (tertiary/aromatic N) is 1. The molecule has 2 N–H and O–H groups in total. The van der Waals surface area contributed by atoms with Crippen molar-refractivity contribution < 1.29 is 0 Å². The third-order valence-electron chi connectivity index (χ3n) is 2.94. The van der Waals surface area contributed by atoms with Crippen molar-refractivity contribution in [2.75, 3.05) is 0 Å². The fourth-order valence-electron chi connectivity index (χ4n) is 1.75. The summed E-state index contributed by atoms with van der Waals surface area (Å²) in [6, 6.07) is 14.5. The maximum absolute atomic E-state index is 6.00. The van der Waals surface area contributed by atoms with E-state index in [-0.39, 0.29) is 6.04 Å². The predicted octanol–water partition coefficient (Wildman–Crippen LogP) is 3.47. The molecule has 0 radical (unpaired) electrons. The quantitative estimate of drug-likeness (QED) is 0.870. The number of hydrogen-bond donors (Lipinski definition) is 1. The van der Waals surface area contributed by atoms with Crippen LogP contribution in [-0.2, 0) is 0 Å². The number of benzene rings is 1. The molecule has 1 unspecified atom stereocenters. The van der Waals surface area contributed by atoms with Gasteiger partial charge in [-0.3, -0.25) is 4.98 Å². The second kappa shape index (κ2) is 5.11. The van der Waals surface area contributed by atoms with Crippen molar-refractivity contribution in [2.45, 2.75) is 26.3 Å². The van der Waals surface area contributed by atoms with Crippen molar-refractivity contribution in [1.82, 2.24) is 4.98 Å². The van der Waals surface area contributed by atoms with E-state index in [1.165, 1.54) is 5.56 Å². The van der Waals surface area contributed by atoms with E-state index < -0.39 is 0 Å². The molecule has 88 valence electrons. The Morgan fingerprint density at radius 2 is 1.82 bits per heavy atom. The minimum atomic E-state index is 0.0281. The van der Waals surface area contributed by atoms with Gasteiger partial charge >= 0.3 is 0 Å². The van der Waals surface area contributed by atoms with Crippen molar-refractivity contribution in [3.8, 4) is 11.3 Å². The summed E-state index contributed by atoms with van der Waals surface area (Å²) in [5.74, 6) is 0. The molecule has 0 aliphatic rings. The van der Waals surface area contributed by atoms with E-state index in [1.54, 1.807) is 0 Å². The van der Waals surface area contributed by atoms with Gasteiger partial charge in [-0.25, -0.2) is 0 Å². The van der Waals surface area contributed by atoms with E-state index in [9.17, 15) is 0 Å². The Hall–Kier alpha value is -1.67. The molecule has 2 aromatic rings. The van der Waals surface area contributed by atoms with Gasteiger partial charge in [0.2, 0.25) is 0 Å². The number of pyridine rings is 1. The lowest BCUT2D eigenvalue weighted by Gasteiger charge is -2.10. The van der Waals surface area contributed by atoms with Crippen molar-refractivity contribution >= 4 is 0 Å². The highest BCUT2D eigenvalue weighted by Crippen LogP contribution is 2.20. The van der Waals surface area contributed by atoms with Crippen LogP contribution in [0.25, 0.3) is 11.3 Å². The molecule has 1 atom stereocenters. The Morgan fingerprint density at radius 3 is 2.47 bits per heavy atom. The lowest BCUT2D eigenvalue weighted by molar-refractivity contribution is 0.676.